The highest BCUT2D eigenvalue weighted by Crippen LogP contribution is 2.44. The van der Waals surface area contributed by atoms with Gasteiger partial charge in [-0.05, 0) is 28.7 Å². The van der Waals surface area contributed by atoms with E-state index in [1.807, 2.05) is 32.0 Å². The first-order valence-corrected chi connectivity index (χ1v) is 8.64. The third kappa shape index (κ3) is 3.48. The van der Waals surface area contributed by atoms with Crippen molar-refractivity contribution in [1.82, 2.24) is 5.32 Å². The van der Waals surface area contributed by atoms with Crippen LogP contribution in [0.25, 0.3) is 11.1 Å². The fourth-order valence-corrected chi connectivity index (χ4v) is 3.32. The zero-order valence-electron chi connectivity index (χ0n) is 15.2. The second-order valence-corrected chi connectivity index (χ2v) is 7.69. The lowest BCUT2D eigenvalue weighted by Gasteiger charge is -2.39. The lowest BCUT2D eigenvalue weighted by molar-refractivity contribution is 0.0996. The first-order chi connectivity index (χ1) is 11.8. The van der Waals surface area contributed by atoms with Crippen LogP contribution in [0.5, 0.6) is 5.75 Å². The Morgan fingerprint density at radius 1 is 1.20 bits per heavy atom. The van der Waals surface area contributed by atoms with Gasteiger partial charge in [-0.3, -0.25) is 0 Å². The molecule has 1 amide bonds. The van der Waals surface area contributed by atoms with Crippen LogP contribution in [-0.2, 0) is 0 Å². The Hall–Kier alpha value is -2.49. The maximum absolute atomic E-state index is 11.2. The molecule has 1 heterocycles. The van der Waals surface area contributed by atoms with E-state index >= 15 is 0 Å². The highest BCUT2D eigenvalue weighted by atomic mass is 16.5. The number of carboxylic acid groups (broad SMARTS) is 1. The van der Waals surface area contributed by atoms with Crippen molar-refractivity contribution in [2.45, 2.75) is 39.7 Å². The van der Waals surface area contributed by atoms with Crippen LogP contribution >= 0.6 is 0 Å². The summed E-state index contributed by atoms with van der Waals surface area (Å²) in [6.45, 7) is 8.85. The Morgan fingerprint density at radius 3 is 2.60 bits per heavy atom. The van der Waals surface area contributed by atoms with Crippen LogP contribution < -0.4 is 10.1 Å². The molecule has 1 aliphatic rings. The zero-order chi connectivity index (χ0) is 18.2. The quantitative estimate of drug-likeness (QED) is 0.807. The van der Waals surface area contributed by atoms with Crippen molar-refractivity contribution in [2.75, 3.05) is 6.61 Å². The molecule has 0 radical (unpaired) electrons. The van der Waals surface area contributed by atoms with E-state index in [0.29, 0.717) is 12.5 Å². The van der Waals surface area contributed by atoms with E-state index < -0.39 is 6.09 Å². The Labute approximate surface area is 148 Å². The first-order valence-electron chi connectivity index (χ1n) is 8.64. The maximum Gasteiger partial charge on any atom is 0.405 e. The maximum atomic E-state index is 11.2. The number of benzene rings is 2. The van der Waals surface area contributed by atoms with Crippen molar-refractivity contribution in [1.29, 1.82) is 0 Å². The molecule has 4 nitrogen and oxygen atoms in total. The van der Waals surface area contributed by atoms with Crippen molar-refractivity contribution in [3.63, 3.8) is 0 Å². The highest BCUT2D eigenvalue weighted by molar-refractivity contribution is 5.69. The summed E-state index contributed by atoms with van der Waals surface area (Å²) < 4.78 is 5.96. The third-order valence-electron chi connectivity index (χ3n) is 4.86. The fourth-order valence-electron chi connectivity index (χ4n) is 3.32. The topological polar surface area (TPSA) is 58.6 Å². The monoisotopic (exact) mass is 339 g/mol. The molecule has 1 aliphatic heterocycles. The lowest BCUT2D eigenvalue weighted by atomic mass is 9.78. The average Bonchev–Trinajstić information content (AvgIpc) is 2.57. The number of carbonyl (C=O) groups is 1. The van der Waals surface area contributed by atoms with Crippen molar-refractivity contribution >= 4 is 6.09 Å². The van der Waals surface area contributed by atoms with Gasteiger partial charge in [0.25, 0.3) is 0 Å². The number of nitrogens with one attached hydrogen (secondary N) is 1. The van der Waals surface area contributed by atoms with E-state index in [2.05, 4.69) is 43.4 Å². The molecule has 0 saturated heterocycles. The fraction of sp³-hybridized carbons (Fsp3) is 0.381. The van der Waals surface area contributed by atoms with E-state index in [0.717, 1.165) is 22.4 Å². The predicted molar refractivity (Wildman–Crippen MR) is 99.1 cm³/mol. The number of hydrogen-bond acceptors (Lipinski definition) is 2. The Morgan fingerprint density at radius 2 is 1.92 bits per heavy atom. The Bertz CT molecular complexity index is 795. The van der Waals surface area contributed by atoms with Gasteiger partial charge in [-0.15, -0.1) is 0 Å². The predicted octanol–water partition coefficient (Wildman–Crippen LogP) is 5.20. The van der Waals surface area contributed by atoms with Gasteiger partial charge in [0.1, 0.15) is 5.75 Å². The summed E-state index contributed by atoms with van der Waals surface area (Å²) in [5.41, 5.74) is 4.11. The molecule has 4 heteroatoms. The minimum Gasteiger partial charge on any atom is -0.493 e. The molecule has 132 valence electrons. The van der Waals surface area contributed by atoms with Gasteiger partial charge in [-0.2, -0.15) is 0 Å². The SMILES string of the molecule is CC(C)c1cccc(-c2ccc3c(c2)OCC(C)(C)C3NC(=O)O)c1. The molecule has 25 heavy (non-hydrogen) atoms. The molecular formula is C21H25NO3. The summed E-state index contributed by atoms with van der Waals surface area (Å²) in [5.74, 6) is 1.23. The molecule has 1 atom stereocenters. The van der Waals surface area contributed by atoms with E-state index in [4.69, 9.17) is 4.74 Å². The molecule has 2 aromatic rings. The van der Waals surface area contributed by atoms with E-state index in [1.54, 1.807) is 0 Å². The summed E-state index contributed by atoms with van der Waals surface area (Å²) in [6.07, 6.45) is -1.01. The second kappa shape index (κ2) is 6.43. The van der Waals surface area contributed by atoms with Gasteiger partial charge in [0.05, 0.1) is 12.6 Å². The van der Waals surface area contributed by atoms with Gasteiger partial charge < -0.3 is 15.2 Å². The lowest BCUT2D eigenvalue weighted by Crippen LogP contribution is -2.43. The molecule has 0 fully saturated rings. The van der Waals surface area contributed by atoms with E-state index in [9.17, 15) is 9.90 Å². The summed E-state index contributed by atoms with van der Waals surface area (Å²) in [6, 6.07) is 14.2. The minimum absolute atomic E-state index is 0.287. The van der Waals surface area contributed by atoms with Crippen LogP contribution in [0.3, 0.4) is 0 Å². The molecule has 0 aliphatic carbocycles. The standard InChI is InChI=1S/C21H25NO3/c1-13(2)14-6-5-7-15(10-14)16-8-9-17-18(11-16)25-12-21(3,4)19(17)22-20(23)24/h5-11,13,19,22H,12H2,1-4H3,(H,23,24). The molecule has 0 spiro atoms. The normalized spacial score (nSPS) is 18.4. The second-order valence-electron chi connectivity index (χ2n) is 7.69. The van der Waals surface area contributed by atoms with Crippen molar-refractivity contribution in [3.05, 3.63) is 53.6 Å². The molecule has 2 aromatic carbocycles. The number of rotatable bonds is 3. The van der Waals surface area contributed by atoms with Crippen LogP contribution in [0.2, 0.25) is 0 Å². The van der Waals surface area contributed by atoms with Crippen molar-refractivity contribution < 1.29 is 14.6 Å². The summed E-state index contributed by atoms with van der Waals surface area (Å²) >= 11 is 0. The van der Waals surface area contributed by atoms with Gasteiger partial charge in [0, 0.05) is 11.0 Å². The van der Waals surface area contributed by atoms with E-state index in [1.165, 1.54) is 5.56 Å². The Kier molecular flexibility index (Phi) is 4.46. The number of amides is 1. The first kappa shape index (κ1) is 17.3. The van der Waals surface area contributed by atoms with Crippen molar-refractivity contribution in [2.24, 2.45) is 5.41 Å². The number of ether oxygens (including phenoxy) is 1. The van der Waals surface area contributed by atoms with Crippen LogP contribution in [-0.4, -0.2) is 17.8 Å². The average molecular weight is 339 g/mol. The molecule has 0 bridgehead atoms. The molecule has 3 rings (SSSR count). The number of fused-ring (bicyclic) bond motifs is 1. The Balaban J connectivity index is 2.00. The molecule has 0 saturated carbocycles. The number of hydrogen-bond donors (Lipinski definition) is 2. The van der Waals surface area contributed by atoms with Gasteiger partial charge in [0.15, 0.2) is 0 Å². The minimum atomic E-state index is -1.01. The summed E-state index contributed by atoms with van der Waals surface area (Å²) in [7, 11) is 0. The van der Waals surface area contributed by atoms with Crippen LogP contribution in [0.4, 0.5) is 4.79 Å². The smallest absolute Gasteiger partial charge is 0.405 e. The van der Waals surface area contributed by atoms with Crippen LogP contribution in [0, 0.1) is 5.41 Å². The van der Waals surface area contributed by atoms with Crippen LogP contribution in [0.15, 0.2) is 42.5 Å². The molecular weight excluding hydrogens is 314 g/mol. The van der Waals surface area contributed by atoms with Crippen LogP contribution in [0.1, 0.15) is 50.8 Å². The highest BCUT2D eigenvalue weighted by Gasteiger charge is 2.38. The van der Waals surface area contributed by atoms with Gasteiger partial charge >= 0.3 is 6.09 Å². The third-order valence-corrected chi connectivity index (χ3v) is 4.86. The van der Waals surface area contributed by atoms with Gasteiger partial charge in [0.2, 0.25) is 0 Å². The zero-order valence-corrected chi connectivity index (χ0v) is 15.2. The van der Waals surface area contributed by atoms with Crippen molar-refractivity contribution in [3.8, 4) is 16.9 Å². The van der Waals surface area contributed by atoms with E-state index in [-0.39, 0.29) is 11.5 Å². The summed E-state index contributed by atoms with van der Waals surface area (Å²) in [4.78, 5) is 11.2. The largest absolute Gasteiger partial charge is 0.493 e. The molecule has 2 N–H and O–H groups in total. The molecule has 0 aromatic heterocycles. The van der Waals surface area contributed by atoms with Gasteiger partial charge in [-0.1, -0.05) is 64.1 Å². The molecule has 1 unspecified atom stereocenters. The summed E-state index contributed by atoms with van der Waals surface area (Å²) in [5, 5.41) is 11.8. The van der Waals surface area contributed by atoms with Gasteiger partial charge in [-0.25, -0.2) is 4.79 Å².